The summed E-state index contributed by atoms with van der Waals surface area (Å²) >= 11 is 0. The van der Waals surface area contributed by atoms with Crippen LogP contribution in [0.2, 0.25) is 0 Å². The van der Waals surface area contributed by atoms with Gasteiger partial charge in [-0.25, -0.2) is 4.63 Å². The third-order valence-electron chi connectivity index (χ3n) is 3.57. The van der Waals surface area contributed by atoms with Crippen LogP contribution in [-0.2, 0) is 16.1 Å². The van der Waals surface area contributed by atoms with Gasteiger partial charge in [0.1, 0.15) is 17.1 Å². The smallest absolute Gasteiger partial charge is 0.251 e. The number of hydrogen-bond donors (Lipinski definition) is 0. The molecular formula is C14H17N3O3. The molecule has 2 heterocycles. The zero-order valence-electron chi connectivity index (χ0n) is 11.4. The zero-order valence-corrected chi connectivity index (χ0v) is 11.4. The van der Waals surface area contributed by atoms with Gasteiger partial charge in [0.05, 0.1) is 0 Å². The molecule has 1 aromatic carbocycles. The van der Waals surface area contributed by atoms with E-state index in [1.54, 1.807) is 11.9 Å². The summed E-state index contributed by atoms with van der Waals surface area (Å²) in [5, 5.41) is 7.57. The molecule has 106 valence electrons. The van der Waals surface area contributed by atoms with Crippen LogP contribution < -0.4 is 0 Å². The minimum absolute atomic E-state index is 0.0445. The molecule has 0 bridgehead atoms. The summed E-state index contributed by atoms with van der Waals surface area (Å²) in [6.07, 6.45) is 2.63. The van der Waals surface area contributed by atoms with E-state index in [4.69, 9.17) is 4.74 Å². The van der Waals surface area contributed by atoms with E-state index in [2.05, 4.69) is 14.9 Å². The van der Waals surface area contributed by atoms with Crippen LogP contribution in [0.1, 0.15) is 24.8 Å². The van der Waals surface area contributed by atoms with E-state index in [0.717, 1.165) is 30.3 Å². The van der Waals surface area contributed by atoms with Gasteiger partial charge in [0.15, 0.2) is 0 Å². The fourth-order valence-corrected chi connectivity index (χ4v) is 2.46. The Kier molecular flexibility index (Phi) is 3.64. The van der Waals surface area contributed by atoms with Gasteiger partial charge in [0.2, 0.25) is 0 Å². The second-order valence-electron chi connectivity index (χ2n) is 5.14. The van der Waals surface area contributed by atoms with Gasteiger partial charge in [-0.15, -0.1) is 0 Å². The van der Waals surface area contributed by atoms with Crippen LogP contribution in [0.15, 0.2) is 22.8 Å². The van der Waals surface area contributed by atoms with Crippen LogP contribution in [0.5, 0.6) is 0 Å². The molecule has 0 N–H and O–H groups in total. The van der Waals surface area contributed by atoms with Crippen LogP contribution in [0.4, 0.5) is 0 Å². The predicted octanol–water partition coefficient (Wildman–Crippen LogP) is 1.75. The summed E-state index contributed by atoms with van der Waals surface area (Å²) in [5.41, 5.74) is 2.43. The summed E-state index contributed by atoms with van der Waals surface area (Å²) in [4.78, 5) is 14.0. The first-order chi connectivity index (χ1) is 9.74. The maximum atomic E-state index is 12.3. The van der Waals surface area contributed by atoms with E-state index in [1.165, 1.54) is 0 Å². The van der Waals surface area contributed by atoms with Crippen LogP contribution >= 0.6 is 0 Å². The molecule has 0 aliphatic carbocycles. The van der Waals surface area contributed by atoms with Crippen molar-refractivity contribution in [3.05, 3.63) is 23.8 Å². The Balaban J connectivity index is 1.67. The van der Waals surface area contributed by atoms with E-state index in [9.17, 15) is 4.79 Å². The highest BCUT2D eigenvalue weighted by Crippen LogP contribution is 2.17. The van der Waals surface area contributed by atoms with Crippen molar-refractivity contribution in [1.29, 1.82) is 0 Å². The lowest BCUT2D eigenvalue weighted by molar-refractivity contribution is -0.145. The number of carbonyl (C=O) groups excluding carboxylic acids is 1. The monoisotopic (exact) mass is 275 g/mol. The number of benzene rings is 1. The summed E-state index contributed by atoms with van der Waals surface area (Å²) < 4.78 is 10.2. The minimum atomic E-state index is -0.286. The van der Waals surface area contributed by atoms with Crippen molar-refractivity contribution in [2.24, 2.45) is 0 Å². The molecule has 0 spiro atoms. The number of rotatable bonds is 3. The number of nitrogens with zero attached hydrogens (tertiary/aromatic N) is 3. The molecule has 1 saturated heterocycles. The van der Waals surface area contributed by atoms with Crippen molar-refractivity contribution in [3.8, 4) is 0 Å². The first kappa shape index (κ1) is 13.1. The second-order valence-corrected chi connectivity index (χ2v) is 5.14. The van der Waals surface area contributed by atoms with Crippen molar-refractivity contribution in [2.45, 2.75) is 31.9 Å². The van der Waals surface area contributed by atoms with E-state index >= 15 is 0 Å². The Bertz CT molecular complexity index is 604. The topological polar surface area (TPSA) is 68.5 Å². The summed E-state index contributed by atoms with van der Waals surface area (Å²) in [6, 6.07) is 5.66. The summed E-state index contributed by atoms with van der Waals surface area (Å²) in [6.45, 7) is 1.21. The highest BCUT2D eigenvalue weighted by molar-refractivity contribution is 5.81. The Morgan fingerprint density at radius 1 is 1.35 bits per heavy atom. The van der Waals surface area contributed by atoms with Crippen LogP contribution in [0, 0.1) is 0 Å². The van der Waals surface area contributed by atoms with E-state index < -0.39 is 0 Å². The van der Waals surface area contributed by atoms with Crippen molar-refractivity contribution in [2.75, 3.05) is 13.7 Å². The number of ether oxygens (including phenoxy) is 1. The van der Waals surface area contributed by atoms with Crippen molar-refractivity contribution in [1.82, 2.24) is 15.2 Å². The largest absolute Gasteiger partial charge is 0.368 e. The van der Waals surface area contributed by atoms with Crippen molar-refractivity contribution >= 4 is 16.9 Å². The molecule has 1 fully saturated rings. The van der Waals surface area contributed by atoms with Gasteiger partial charge in [-0.1, -0.05) is 6.07 Å². The minimum Gasteiger partial charge on any atom is -0.368 e. The highest BCUT2D eigenvalue weighted by Gasteiger charge is 2.24. The maximum Gasteiger partial charge on any atom is 0.251 e. The molecular weight excluding hydrogens is 258 g/mol. The molecule has 1 aliphatic rings. The van der Waals surface area contributed by atoms with Gasteiger partial charge in [-0.2, -0.15) is 0 Å². The average molecular weight is 275 g/mol. The lowest BCUT2D eigenvalue weighted by Crippen LogP contribution is -2.39. The molecule has 20 heavy (non-hydrogen) atoms. The summed E-state index contributed by atoms with van der Waals surface area (Å²) in [7, 11) is 1.80. The predicted molar refractivity (Wildman–Crippen MR) is 71.9 cm³/mol. The average Bonchev–Trinajstić information content (AvgIpc) is 2.95. The quantitative estimate of drug-likeness (QED) is 0.853. The van der Waals surface area contributed by atoms with Crippen molar-refractivity contribution in [3.63, 3.8) is 0 Å². The Morgan fingerprint density at radius 2 is 2.20 bits per heavy atom. The number of carbonyl (C=O) groups is 1. The van der Waals surface area contributed by atoms with Gasteiger partial charge in [-0.3, -0.25) is 4.79 Å². The molecule has 2 aromatic rings. The van der Waals surface area contributed by atoms with Gasteiger partial charge in [0, 0.05) is 20.2 Å². The van der Waals surface area contributed by atoms with Gasteiger partial charge >= 0.3 is 0 Å². The van der Waals surface area contributed by atoms with Gasteiger partial charge in [0.25, 0.3) is 5.91 Å². The van der Waals surface area contributed by atoms with Crippen molar-refractivity contribution < 1.29 is 14.2 Å². The lowest BCUT2D eigenvalue weighted by atomic mass is 10.1. The first-order valence-corrected chi connectivity index (χ1v) is 6.82. The standard InChI is InChI=1S/C14H17N3O3/c1-17(14(18)13-4-2-3-7-19-13)9-10-5-6-11-12(8-10)16-20-15-11/h5-6,8,13H,2-4,7,9H2,1H3. The van der Waals surface area contributed by atoms with Crippen LogP contribution in [0.3, 0.4) is 0 Å². The SMILES string of the molecule is CN(Cc1ccc2nonc2c1)C(=O)C1CCCCO1. The Labute approximate surface area is 116 Å². The fourth-order valence-electron chi connectivity index (χ4n) is 2.46. The molecule has 1 aliphatic heterocycles. The van der Waals surface area contributed by atoms with E-state index in [-0.39, 0.29) is 12.0 Å². The molecule has 1 amide bonds. The number of amides is 1. The fraction of sp³-hybridized carbons (Fsp3) is 0.500. The zero-order chi connectivity index (χ0) is 13.9. The van der Waals surface area contributed by atoms with Gasteiger partial charge in [-0.05, 0) is 47.3 Å². The first-order valence-electron chi connectivity index (χ1n) is 6.82. The normalized spacial score (nSPS) is 19.1. The molecule has 6 heteroatoms. The maximum absolute atomic E-state index is 12.3. The third kappa shape index (κ3) is 2.65. The number of likely N-dealkylation sites (N-methyl/N-ethyl adjacent to an activating group) is 1. The second kappa shape index (κ2) is 5.58. The Hall–Kier alpha value is -1.95. The molecule has 1 atom stereocenters. The molecule has 0 radical (unpaired) electrons. The van der Waals surface area contributed by atoms with E-state index in [0.29, 0.717) is 18.7 Å². The molecule has 0 saturated carbocycles. The van der Waals surface area contributed by atoms with Gasteiger partial charge < -0.3 is 9.64 Å². The molecule has 6 nitrogen and oxygen atoms in total. The number of aromatic nitrogens is 2. The molecule has 3 rings (SSSR count). The Morgan fingerprint density at radius 3 is 3.00 bits per heavy atom. The van der Waals surface area contributed by atoms with Crippen LogP contribution in [-0.4, -0.2) is 40.9 Å². The highest BCUT2D eigenvalue weighted by atomic mass is 16.6. The van der Waals surface area contributed by atoms with Crippen LogP contribution in [0.25, 0.3) is 11.0 Å². The summed E-state index contributed by atoms with van der Waals surface area (Å²) in [5.74, 6) is 0.0445. The third-order valence-corrected chi connectivity index (χ3v) is 3.57. The number of hydrogen-bond acceptors (Lipinski definition) is 5. The lowest BCUT2D eigenvalue weighted by Gasteiger charge is -2.26. The molecule has 1 aromatic heterocycles. The number of fused-ring (bicyclic) bond motifs is 1. The molecule has 1 unspecified atom stereocenters. The van der Waals surface area contributed by atoms with E-state index in [1.807, 2.05) is 18.2 Å².